The van der Waals surface area contributed by atoms with E-state index in [2.05, 4.69) is 11.1 Å². The van der Waals surface area contributed by atoms with Crippen LogP contribution in [0.25, 0.3) is 11.1 Å². The van der Waals surface area contributed by atoms with Crippen LogP contribution >= 0.6 is 11.3 Å². The molecule has 0 amide bonds. The van der Waals surface area contributed by atoms with Crippen LogP contribution in [0.4, 0.5) is 0 Å². The van der Waals surface area contributed by atoms with Gasteiger partial charge in [-0.1, -0.05) is 18.6 Å². The van der Waals surface area contributed by atoms with E-state index >= 15 is 0 Å². The fraction of sp³-hybridized carbons (Fsp3) is 0.316. The number of aryl methyl sites for hydroxylation is 2. The average molecular weight is 336 g/mol. The van der Waals surface area contributed by atoms with Gasteiger partial charge in [-0.3, -0.25) is 4.79 Å². The lowest BCUT2D eigenvalue weighted by Gasteiger charge is -2.01. The Hall–Kier alpha value is -2.45. The second-order valence-corrected chi connectivity index (χ2v) is 7.20. The number of hydrogen-bond donors (Lipinski definition) is 0. The zero-order chi connectivity index (χ0) is 16.5. The van der Waals surface area contributed by atoms with Crippen LogP contribution in [0.2, 0.25) is 0 Å². The minimum absolute atomic E-state index is 0.187. The first kappa shape index (κ1) is 15.1. The molecule has 1 aromatic carbocycles. The highest BCUT2D eigenvalue weighted by Crippen LogP contribution is 2.32. The maximum Gasteiger partial charge on any atom is 0.220 e. The Bertz CT molecular complexity index is 891. The Morgan fingerprint density at radius 1 is 1.25 bits per heavy atom. The molecule has 5 heteroatoms. The largest absolute Gasteiger partial charge is 0.439 e. The van der Waals surface area contributed by atoms with Crippen molar-refractivity contribution in [3.05, 3.63) is 51.5 Å². The highest BCUT2D eigenvalue weighted by Gasteiger charge is 2.29. The van der Waals surface area contributed by atoms with E-state index in [0.717, 1.165) is 12.8 Å². The number of fused-ring (bicyclic) bond motifs is 2. The smallest absolute Gasteiger partial charge is 0.220 e. The van der Waals surface area contributed by atoms with Crippen LogP contribution < -0.4 is 0 Å². The lowest BCUT2D eigenvalue weighted by atomic mass is 10.0. The van der Waals surface area contributed by atoms with Gasteiger partial charge in [0.1, 0.15) is 5.52 Å². The fourth-order valence-electron chi connectivity index (χ4n) is 3.17. The molecular formula is C19H16N2O2S. The minimum Gasteiger partial charge on any atom is -0.439 e. The number of carbonyl (C=O) groups excluding carboxylic acids is 1. The number of Topliss-reactive ketones (excluding diaryl/α,β-unsaturated/α-hetero) is 1. The predicted octanol–water partition coefficient (Wildman–Crippen LogP) is 4.65. The van der Waals surface area contributed by atoms with E-state index in [0.29, 0.717) is 16.0 Å². The van der Waals surface area contributed by atoms with Gasteiger partial charge in [-0.2, -0.15) is 5.26 Å². The Morgan fingerprint density at radius 2 is 2.08 bits per heavy atom. The topological polar surface area (TPSA) is 66.9 Å². The summed E-state index contributed by atoms with van der Waals surface area (Å²) >= 11 is 1.53. The van der Waals surface area contributed by atoms with E-state index in [1.807, 2.05) is 24.3 Å². The Labute approximate surface area is 143 Å². The zero-order valence-electron chi connectivity index (χ0n) is 13.1. The normalized spacial score (nSPS) is 15.5. The fourth-order valence-corrected chi connectivity index (χ4v) is 4.39. The molecule has 0 bridgehead atoms. The first-order chi connectivity index (χ1) is 11.8. The number of carbonyl (C=O) groups is 1. The van der Waals surface area contributed by atoms with Crippen LogP contribution in [-0.2, 0) is 12.8 Å². The summed E-state index contributed by atoms with van der Waals surface area (Å²) in [6, 6.07) is 11.3. The number of nitrogens with zero attached hydrogens (tertiary/aromatic N) is 2. The van der Waals surface area contributed by atoms with E-state index in [9.17, 15) is 10.1 Å². The Kier molecular flexibility index (Phi) is 3.91. The molecule has 1 aliphatic rings. The van der Waals surface area contributed by atoms with Crippen molar-refractivity contribution < 1.29 is 9.21 Å². The van der Waals surface area contributed by atoms with E-state index in [4.69, 9.17) is 4.42 Å². The molecule has 4 nitrogen and oxygen atoms in total. The van der Waals surface area contributed by atoms with E-state index in [1.54, 1.807) is 6.07 Å². The van der Waals surface area contributed by atoms with Gasteiger partial charge in [0.2, 0.25) is 5.89 Å². The molecule has 0 saturated heterocycles. The van der Waals surface area contributed by atoms with Crippen LogP contribution in [0.5, 0.6) is 0 Å². The van der Waals surface area contributed by atoms with Gasteiger partial charge in [0.25, 0.3) is 0 Å². The number of rotatable bonds is 3. The highest BCUT2D eigenvalue weighted by molar-refractivity contribution is 7.14. The summed E-state index contributed by atoms with van der Waals surface area (Å²) in [6.07, 6.45) is 5.65. The molecule has 0 spiro atoms. The molecule has 3 aromatic rings. The lowest BCUT2D eigenvalue weighted by molar-refractivity contribution is 0.0974. The number of aromatic nitrogens is 1. The van der Waals surface area contributed by atoms with E-state index in [1.165, 1.54) is 41.0 Å². The van der Waals surface area contributed by atoms with E-state index < -0.39 is 5.92 Å². The molecule has 1 atom stereocenters. The maximum absolute atomic E-state index is 12.8. The molecule has 0 unspecified atom stereocenters. The average Bonchev–Trinajstić information content (AvgIpc) is 3.13. The zero-order valence-corrected chi connectivity index (χ0v) is 13.9. The number of benzene rings is 1. The number of oxazole rings is 1. The molecule has 0 radical (unpaired) electrons. The van der Waals surface area contributed by atoms with Crippen molar-refractivity contribution in [3.63, 3.8) is 0 Å². The van der Waals surface area contributed by atoms with Crippen LogP contribution in [-0.4, -0.2) is 10.8 Å². The molecule has 0 fully saturated rings. The Morgan fingerprint density at radius 3 is 2.92 bits per heavy atom. The van der Waals surface area contributed by atoms with Crippen molar-refractivity contribution in [2.45, 2.75) is 38.0 Å². The summed E-state index contributed by atoms with van der Waals surface area (Å²) in [5, 5.41) is 9.52. The van der Waals surface area contributed by atoms with Crippen molar-refractivity contribution in [1.29, 1.82) is 5.26 Å². The standard InChI is InChI=1S/C19H16N2O2S/c20-11-13(19-21-14-7-4-5-8-15(14)23-19)18(22)17-10-12-6-2-1-3-9-16(12)24-17/h4-5,7-8,10,13H,1-3,6,9H2/t13-/m1/s1. The highest BCUT2D eigenvalue weighted by atomic mass is 32.1. The van der Waals surface area contributed by atoms with Gasteiger partial charge in [-0.05, 0) is 49.4 Å². The molecule has 24 heavy (non-hydrogen) atoms. The molecular weight excluding hydrogens is 320 g/mol. The summed E-state index contributed by atoms with van der Waals surface area (Å²) in [5.41, 5.74) is 2.54. The summed E-state index contributed by atoms with van der Waals surface area (Å²) in [7, 11) is 0. The van der Waals surface area contributed by atoms with Crippen molar-refractivity contribution >= 4 is 28.2 Å². The van der Waals surface area contributed by atoms with Gasteiger partial charge in [-0.25, -0.2) is 4.98 Å². The Balaban J connectivity index is 1.68. The lowest BCUT2D eigenvalue weighted by Crippen LogP contribution is -2.10. The minimum atomic E-state index is -0.986. The third-order valence-corrected chi connectivity index (χ3v) is 5.69. The first-order valence-electron chi connectivity index (χ1n) is 8.17. The van der Waals surface area contributed by atoms with Crippen LogP contribution in [0, 0.1) is 11.3 Å². The van der Waals surface area contributed by atoms with Gasteiger partial charge >= 0.3 is 0 Å². The van der Waals surface area contributed by atoms with Crippen LogP contribution in [0.15, 0.2) is 34.7 Å². The van der Waals surface area contributed by atoms with Gasteiger partial charge in [0, 0.05) is 4.88 Å². The quantitative estimate of drug-likeness (QED) is 0.516. The third kappa shape index (κ3) is 2.63. The summed E-state index contributed by atoms with van der Waals surface area (Å²) < 4.78 is 5.64. The second kappa shape index (κ2) is 6.21. The first-order valence-corrected chi connectivity index (χ1v) is 8.99. The molecule has 4 rings (SSSR count). The molecule has 0 saturated carbocycles. The van der Waals surface area contributed by atoms with Gasteiger partial charge in [0.15, 0.2) is 17.3 Å². The van der Waals surface area contributed by atoms with E-state index in [-0.39, 0.29) is 11.7 Å². The van der Waals surface area contributed by atoms with Gasteiger partial charge < -0.3 is 4.42 Å². The predicted molar refractivity (Wildman–Crippen MR) is 92.3 cm³/mol. The number of nitriles is 1. The number of hydrogen-bond acceptors (Lipinski definition) is 5. The number of ketones is 1. The van der Waals surface area contributed by atoms with Gasteiger partial charge in [-0.15, -0.1) is 11.3 Å². The van der Waals surface area contributed by atoms with Crippen molar-refractivity contribution in [2.75, 3.05) is 0 Å². The van der Waals surface area contributed by atoms with Crippen molar-refractivity contribution in [2.24, 2.45) is 0 Å². The molecule has 1 aliphatic carbocycles. The van der Waals surface area contributed by atoms with Crippen LogP contribution in [0.1, 0.15) is 51.2 Å². The molecule has 120 valence electrons. The number of para-hydroxylation sites is 2. The SMILES string of the molecule is N#C[C@H](C(=O)c1cc2c(s1)CCCCC2)c1nc2ccccc2o1. The molecule has 0 aliphatic heterocycles. The molecule has 2 aromatic heterocycles. The molecule has 0 N–H and O–H groups in total. The van der Waals surface area contributed by atoms with Crippen LogP contribution in [0.3, 0.4) is 0 Å². The summed E-state index contributed by atoms with van der Waals surface area (Å²) in [4.78, 5) is 19.1. The maximum atomic E-state index is 12.8. The molecule has 2 heterocycles. The second-order valence-electron chi connectivity index (χ2n) is 6.07. The number of thiophene rings is 1. The van der Waals surface area contributed by atoms with Gasteiger partial charge in [0.05, 0.1) is 10.9 Å². The van der Waals surface area contributed by atoms with Crippen molar-refractivity contribution in [3.8, 4) is 6.07 Å². The monoisotopic (exact) mass is 336 g/mol. The summed E-state index contributed by atoms with van der Waals surface area (Å²) in [6.45, 7) is 0. The summed E-state index contributed by atoms with van der Waals surface area (Å²) in [5.74, 6) is -1.01. The third-order valence-electron chi connectivity index (χ3n) is 4.44. The van der Waals surface area contributed by atoms with Crippen molar-refractivity contribution in [1.82, 2.24) is 4.98 Å².